The normalized spacial score (nSPS) is 23.5. The second-order valence-electron chi connectivity index (χ2n) is 8.28. The molecular formula is C25H17BrN4O4S. The minimum absolute atomic E-state index is 0.0288. The summed E-state index contributed by atoms with van der Waals surface area (Å²) in [5.74, 6) is -0.722. The van der Waals surface area contributed by atoms with Gasteiger partial charge in [-0.1, -0.05) is 58.4 Å². The highest BCUT2D eigenvalue weighted by Crippen LogP contribution is 2.53. The number of hydrogen-bond donors (Lipinski definition) is 1. The number of halogens is 1. The Hall–Kier alpha value is -3.63. The molecule has 10 heteroatoms. The molecule has 1 N–H and O–H groups in total. The number of non-ortho nitro benzene ring substituents is 1. The van der Waals surface area contributed by atoms with Crippen LogP contribution in [0.25, 0.3) is 6.08 Å². The molecule has 6 rings (SSSR count). The van der Waals surface area contributed by atoms with Crippen molar-refractivity contribution in [3.63, 3.8) is 0 Å². The van der Waals surface area contributed by atoms with Crippen molar-refractivity contribution in [2.45, 2.75) is 18.3 Å². The van der Waals surface area contributed by atoms with Crippen LogP contribution in [-0.2, 0) is 0 Å². The highest BCUT2D eigenvalue weighted by atomic mass is 79.9. The van der Waals surface area contributed by atoms with Crippen molar-refractivity contribution < 1.29 is 14.5 Å². The predicted octanol–water partition coefficient (Wildman–Crippen LogP) is 6.05. The lowest BCUT2D eigenvalue weighted by atomic mass is 9.95. The first-order chi connectivity index (χ1) is 16.9. The number of hydrazone groups is 1. The molecular weight excluding hydrogens is 532 g/mol. The van der Waals surface area contributed by atoms with Crippen molar-refractivity contribution in [1.29, 1.82) is 0 Å². The molecule has 1 spiro atoms. The maximum absolute atomic E-state index is 12.7. The van der Waals surface area contributed by atoms with Gasteiger partial charge in [0.2, 0.25) is 0 Å². The van der Waals surface area contributed by atoms with Gasteiger partial charge in [0.1, 0.15) is 5.75 Å². The number of thioether (sulfide) groups is 1. The Balaban J connectivity index is 1.51. The van der Waals surface area contributed by atoms with E-state index in [4.69, 9.17) is 9.84 Å². The van der Waals surface area contributed by atoms with Gasteiger partial charge in [0.25, 0.3) is 10.9 Å². The monoisotopic (exact) mass is 548 g/mol. The Morgan fingerprint density at radius 1 is 1.17 bits per heavy atom. The van der Waals surface area contributed by atoms with Crippen molar-refractivity contribution in [3.05, 3.63) is 109 Å². The number of nitrogens with one attached hydrogen (secondary N) is 1. The molecule has 174 valence electrons. The van der Waals surface area contributed by atoms with Gasteiger partial charge in [0.05, 0.1) is 21.6 Å². The third-order valence-electron chi connectivity index (χ3n) is 6.12. The number of amides is 1. The van der Waals surface area contributed by atoms with Gasteiger partial charge in [0, 0.05) is 28.6 Å². The molecule has 8 nitrogen and oxygen atoms in total. The van der Waals surface area contributed by atoms with Gasteiger partial charge in [0.15, 0.2) is 0 Å². The van der Waals surface area contributed by atoms with E-state index in [1.807, 2.05) is 53.5 Å². The lowest BCUT2D eigenvalue weighted by molar-refractivity contribution is -0.384. The summed E-state index contributed by atoms with van der Waals surface area (Å²) >= 11 is 4.55. The van der Waals surface area contributed by atoms with Crippen LogP contribution in [0.5, 0.6) is 5.75 Å². The minimum Gasteiger partial charge on any atom is -0.444 e. The van der Waals surface area contributed by atoms with Crippen molar-refractivity contribution in [2.75, 3.05) is 0 Å². The zero-order chi connectivity index (χ0) is 24.2. The first-order valence-corrected chi connectivity index (χ1v) is 12.4. The van der Waals surface area contributed by atoms with Crippen LogP contribution in [-0.4, -0.2) is 26.7 Å². The van der Waals surface area contributed by atoms with E-state index in [-0.39, 0.29) is 17.0 Å². The fourth-order valence-corrected chi connectivity index (χ4v) is 5.86. The minimum atomic E-state index is -1.37. The van der Waals surface area contributed by atoms with Crippen molar-refractivity contribution >= 4 is 50.4 Å². The molecule has 1 amide bonds. The maximum Gasteiger partial charge on any atom is 0.314 e. The Labute approximate surface area is 212 Å². The number of nitro benzene ring substituents is 1. The molecule has 3 heterocycles. The average molecular weight is 549 g/mol. The number of fused-ring (bicyclic) bond motifs is 4. The molecule has 0 saturated carbocycles. The van der Waals surface area contributed by atoms with Crippen LogP contribution in [0.1, 0.15) is 29.2 Å². The summed E-state index contributed by atoms with van der Waals surface area (Å²) in [5.41, 5.74) is 3.40. The van der Waals surface area contributed by atoms with Crippen molar-refractivity contribution in [2.24, 2.45) is 5.10 Å². The molecule has 2 atom stereocenters. The second-order valence-corrected chi connectivity index (χ2v) is 10.2. The van der Waals surface area contributed by atoms with E-state index in [2.05, 4.69) is 21.2 Å². The summed E-state index contributed by atoms with van der Waals surface area (Å²) in [5, 5.41) is 20.7. The Kier molecular flexibility index (Phi) is 5.15. The molecule has 1 fully saturated rings. The van der Waals surface area contributed by atoms with E-state index in [0.29, 0.717) is 22.6 Å². The van der Waals surface area contributed by atoms with Gasteiger partial charge in [-0.15, -0.1) is 0 Å². The molecule has 0 aromatic heterocycles. The summed E-state index contributed by atoms with van der Waals surface area (Å²) < 4.78 is 7.43. The zero-order valence-electron chi connectivity index (χ0n) is 18.1. The van der Waals surface area contributed by atoms with Gasteiger partial charge in [-0.2, -0.15) is 5.10 Å². The van der Waals surface area contributed by atoms with E-state index in [1.165, 1.54) is 12.1 Å². The third-order valence-corrected chi connectivity index (χ3v) is 7.51. The molecule has 35 heavy (non-hydrogen) atoms. The summed E-state index contributed by atoms with van der Waals surface area (Å²) in [6.07, 6.45) is 2.37. The summed E-state index contributed by atoms with van der Waals surface area (Å²) in [6, 6.07) is 21.8. The molecule has 0 aliphatic carbocycles. The van der Waals surface area contributed by atoms with Crippen LogP contribution >= 0.6 is 27.7 Å². The fourth-order valence-electron chi connectivity index (χ4n) is 4.57. The Morgan fingerprint density at radius 3 is 2.80 bits per heavy atom. The molecule has 0 unspecified atom stereocenters. The quantitative estimate of drug-likeness (QED) is 0.316. The van der Waals surface area contributed by atoms with Crippen LogP contribution in [0, 0.1) is 10.1 Å². The number of ether oxygens (including phenoxy) is 1. The standard InChI is InChI=1S/C25H17BrN4O4S/c26-17-9-10-22-19(13-17)21-14-20(16-6-2-1-3-7-16)28-29(21)25(34-22)23(35-24(31)27-25)12-15-5-4-8-18(11-15)30(32)33/h1-13,21H,14H2,(H,27,31)/b23-12-/t21-,25+/m1/s1. The molecule has 3 aromatic rings. The van der Waals surface area contributed by atoms with Crippen LogP contribution in [0.15, 0.2) is 87.3 Å². The molecule has 0 bridgehead atoms. The van der Waals surface area contributed by atoms with Gasteiger partial charge >= 0.3 is 5.85 Å². The van der Waals surface area contributed by atoms with Gasteiger partial charge in [-0.05, 0) is 47.2 Å². The topological polar surface area (TPSA) is 97.1 Å². The molecule has 3 aliphatic heterocycles. The van der Waals surface area contributed by atoms with Crippen LogP contribution < -0.4 is 10.1 Å². The largest absolute Gasteiger partial charge is 0.444 e. The van der Waals surface area contributed by atoms with E-state index in [0.717, 1.165) is 33.1 Å². The second kappa shape index (κ2) is 8.24. The Morgan fingerprint density at radius 2 is 2.00 bits per heavy atom. The number of carbonyl (C=O) groups is 1. The number of rotatable bonds is 3. The fraction of sp³-hybridized carbons (Fsp3) is 0.120. The smallest absolute Gasteiger partial charge is 0.314 e. The molecule has 3 aromatic carbocycles. The van der Waals surface area contributed by atoms with Gasteiger partial charge in [-0.3, -0.25) is 20.2 Å². The van der Waals surface area contributed by atoms with E-state index in [1.54, 1.807) is 18.2 Å². The molecule has 0 radical (unpaired) electrons. The van der Waals surface area contributed by atoms with Crippen molar-refractivity contribution in [3.8, 4) is 5.75 Å². The lowest BCUT2D eigenvalue weighted by Crippen LogP contribution is -2.61. The Bertz CT molecular complexity index is 1440. The zero-order valence-corrected chi connectivity index (χ0v) is 20.5. The highest BCUT2D eigenvalue weighted by Gasteiger charge is 2.58. The van der Waals surface area contributed by atoms with Crippen LogP contribution in [0.4, 0.5) is 10.5 Å². The number of carbonyl (C=O) groups excluding carboxylic acids is 1. The SMILES string of the molecule is O=C1N[C@@]2(Oc3ccc(Br)cc3[C@H]3CC(c4ccccc4)=NN32)/C(=C/c2cccc([N+](=O)[O-])c2)S1. The first kappa shape index (κ1) is 21.9. The number of benzene rings is 3. The van der Waals surface area contributed by atoms with E-state index in [9.17, 15) is 14.9 Å². The summed E-state index contributed by atoms with van der Waals surface area (Å²) in [4.78, 5) is 24.1. The van der Waals surface area contributed by atoms with Gasteiger partial charge < -0.3 is 4.74 Å². The van der Waals surface area contributed by atoms with E-state index < -0.39 is 10.8 Å². The number of hydrogen-bond acceptors (Lipinski definition) is 7. The maximum atomic E-state index is 12.7. The molecule has 3 aliphatic rings. The van der Waals surface area contributed by atoms with Crippen LogP contribution in [0.2, 0.25) is 0 Å². The van der Waals surface area contributed by atoms with Gasteiger partial charge in [-0.25, -0.2) is 5.01 Å². The van der Waals surface area contributed by atoms with E-state index >= 15 is 0 Å². The highest BCUT2D eigenvalue weighted by molar-refractivity contribution is 9.10. The number of nitro groups is 1. The summed E-state index contributed by atoms with van der Waals surface area (Å²) in [6.45, 7) is 0. The third kappa shape index (κ3) is 3.69. The number of nitrogens with zero attached hydrogens (tertiary/aromatic N) is 3. The van der Waals surface area contributed by atoms with Crippen LogP contribution in [0.3, 0.4) is 0 Å². The summed E-state index contributed by atoms with van der Waals surface area (Å²) in [7, 11) is 0. The first-order valence-electron chi connectivity index (χ1n) is 10.8. The predicted molar refractivity (Wildman–Crippen MR) is 137 cm³/mol. The average Bonchev–Trinajstić information content (AvgIpc) is 3.43. The molecule has 1 saturated heterocycles. The van der Waals surface area contributed by atoms with Crippen molar-refractivity contribution in [1.82, 2.24) is 10.3 Å². The lowest BCUT2D eigenvalue weighted by Gasteiger charge is -2.45.